The number of phenolic OH excluding ortho intramolecular Hbond substituents is 1. The lowest BCUT2D eigenvalue weighted by atomic mass is 9.77. The Labute approximate surface area is 180 Å². The van der Waals surface area contributed by atoms with E-state index in [1.165, 1.54) is 22.5 Å². The minimum absolute atomic E-state index is 0.00503. The van der Waals surface area contributed by atoms with Crippen LogP contribution in [0.2, 0.25) is 0 Å². The smallest absolute Gasteiger partial charge is 0.270 e. The second-order valence-electron chi connectivity index (χ2n) is 8.34. The molecule has 8 nitrogen and oxygen atoms in total. The van der Waals surface area contributed by atoms with Gasteiger partial charge in [-0.05, 0) is 55.0 Å². The number of allylic oxidation sites excluding steroid dienone is 2. The van der Waals surface area contributed by atoms with Gasteiger partial charge in [0.25, 0.3) is 5.69 Å². The van der Waals surface area contributed by atoms with Crippen molar-refractivity contribution in [1.29, 1.82) is 0 Å². The van der Waals surface area contributed by atoms with Crippen molar-refractivity contribution < 1.29 is 18.4 Å². The van der Waals surface area contributed by atoms with Gasteiger partial charge >= 0.3 is 0 Å². The van der Waals surface area contributed by atoms with Crippen molar-refractivity contribution in [2.45, 2.75) is 36.1 Å². The van der Waals surface area contributed by atoms with Crippen LogP contribution in [0, 0.1) is 16.0 Å². The lowest BCUT2D eigenvalue weighted by Crippen LogP contribution is -2.31. The van der Waals surface area contributed by atoms with Gasteiger partial charge in [-0.25, -0.2) is 8.42 Å². The Morgan fingerprint density at radius 3 is 2.61 bits per heavy atom. The fraction of sp³-hybridized carbons (Fsp3) is 0.364. The van der Waals surface area contributed by atoms with Gasteiger partial charge in [0.05, 0.1) is 15.9 Å². The van der Waals surface area contributed by atoms with Crippen LogP contribution in [0.4, 0.5) is 11.4 Å². The van der Waals surface area contributed by atoms with Gasteiger partial charge in [-0.15, -0.1) is 0 Å². The summed E-state index contributed by atoms with van der Waals surface area (Å²) in [5.74, 6) is -0.00998. The average molecular weight is 442 g/mol. The summed E-state index contributed by atoms with van der Waals surface area (Å²) in [6.07, 6.45) is 6.61. The van der Waals surface area contributed by atoms with Gasteiger partial charge in [0.15, 0.2) is 0 Å². The first-order valence-electron chi connectivity index (χ1n) is 10.4. The number of hydrogen-bond acceptors (Lipinski definition) is 6. The number of fused-ring (bicyclic) bond motifs is 3. The number of nitrogens with zero attached hydrogens (tertiary/aromatic N) is 2. The van der Waals surface area contributed by atoms with E-state index in [-0.39, 0.29) is 29.3 Å². The standard InChI is InChI=1S/C22H23N3O5S/c26-21-9-6-14(25(27)28)12-19(21)22-17-5-3-4-16(17)18-13-15(7-8-20(18)23-22)31(29,30)24-10-1-2-11-24/h3-4,6-9,12-13,16-17,22-23,26H,1-2,5,10-11H2. The fourth-order valence-corrected chi connectivity index (χ4v) is 6.58. The van der Waals surface area contributed by atoms with Gasteiger partial charge in [0.2, 0.25) is 10.0 Å². The van der Waals surface area contributed by atoms with Crippen LogP contribution in [0.1, 0.15) is 42.3 Å². The maximum Gasteiger partial charge on any atom is 0.270 e. The molecule has 5 rings (SSSR count). The third-order valence-electron chi connectivity index (χ3n) is 6.59. The Balaban J connectivity index is 1.55. The van der Waals surface area contributed by atoms with E-state index in [1.807, 2.05) is 0 Å². The summed E-state index contributed by atoms with van der Waals surface area (Å²) in [4.78, 5) is 11.1. The van der Waals surface area contributed by atoms with Crippen LogP contribution in [-0.4, -0.2) is 35.8 Å². The number of rotatable bonds is 4. The maximum atomic E-state index is 13.0. The number of phenols is 1. The number of nitro benzene ring substituents is 1. The highest BCUT2D eigenvalue weighted by Crippen LogP contribution is 2.51. The van der Waals surface area contributed by atoms with Gasteiger partial charge < -0.3 is 10.4 Å². The number of aromatic hydroxyl groups is 1. The predicted octanol–water partition coefficient (Wildman–Crippen LogP) is 3.91. The maximum absolute atomic E-state index is 13.0. The van der Waals surface area contributed by atoms with Crippen LogP contribution in [0.3, 0.4) is 0 Å². The zero-order chi connectivity index (χ0) is 21.8. The predicted molar refractivity (Wildman–Crippen MR) is 116 cm³/mol. The molecule has 0 radical (unpaired) electrons. The van der Waals surface area contributed by atoms with E-state index in [1.54, 1.807) is 18.2 Å². The topological polar surface area (TPSA) is 113 Å². The van der Waals surface area contributed by atoms with Crippen molar-refractivity contribution in [2.24, 2.45) is 5.92 Å². The van der Waals surface area contributed by atoms with Crippen molar-refractivity contribution in [3.05, 3.63) is 69.8 Å². The van der Waals surface area contributed by atoms with E-state index in [2.05, 4.69) is 17.5 Å². The molecule has 0 amide bonds. The van der Waals surface area contributed by atoms with Crippen molar-refractivity contribution in [3.8, 4) is 5.75 Å². The van der Waals surface area contributed by atoms with Crippen molar-refractivity contribution in [3.63, 3.8) is 0 Å². The Kier molecular flexibility index (Phi) is 4.75. The third-order valence-corrected chi connectivity index (χ3v) is 8.49. The number of sulfonamides is 1. The van der Waals surface area contributed by atoms with Gasteiger partial charge in [-0.1, -0.05) is 12.2 Å². The van der Waals surface area contributed by atoms with E-state index in [4.69, 9.17) is 0 Å². The molecule has 9 heteroatoms. The molecule has 2 aromatic carbocycles. The van der Waals surface area contributed by atoms with Crippen LogP contribution in [0.15, 0.2) is 53.4 Å². The number of anilines is 1. The second-order valence-corrected chi connectivity index (χ2v) is 10.3. The summed E-state index contributed by atoms with van der Waals surface area (Å²) in [5, 5.41) is 25.1. The molecule has 2 aromatic rings. The molecule has 2 N–H and O–H groups in total. The fourth-order valence-electron chi connectivity index (χ4n) is 5.02. The van der Waals surface area contributed by atoms with E-state index >= 15 is 0 Å². The summed E-state index contributed by atoms with van der Waals surface area (Å²) < 4.78 is 27.6. The molecule has 2 aliphatic heterocycles. The molecule has 0 bridgehead atoms. The molecule has 1 aliphatic carbocycles. The summed E-state index contributed by atoms with van der Waals surface area (Å²) in [7, 11) is -3.52. The van der Waals surface area contributed by atoms with Crippen molar-refractivity contribution in [1.82, 2.24) is 4.31 Å². The first-order valence-corrected chi connectivity index (χ1v) is 11.8. The lowest BCUT2D eigenvalue weighted by molar-refractivity contribution is -0.385. The molecular formula is C22H23N3O5S. The van der Waals surface area contributed by atoms with Gasteiger partial charge in [-0.3, -0.25) is 10.1 Å². The summed E-state index contributed by atoms with van der Waals surface area (Å²) in [6, 6.07) is 8.87. The molecule has 3 atom stereocenters. The molecule has 0 aromatic heterocycles. The Morgan fingerprint density at radius 1 is 1.10 bits per heavy atom. The monoisotopic (exact) mass is 441 g/mol. The summed E-state index contributed by atoms with van der Waals surface area (Å²) >= 11 is 0. The molecule has 3 unspecified atom stereocenters. The molecule has 31 heavy (non-hydrogen) atoms. The van der Waals surface area contributed by atoms with Crippen LogP contribution in [0.5, 0.6) is 5.75 Å². The highest BCUT2D eigenvalue weighted by atomic mass is 32.2. The quantitative estimate of drug-likeness (QED) is 0.423. The highest BCUT2D eigenvalue weighted by molar-refractivity contribution is 7.89. The van der Waals surface area contributed by atoms with E-state index in [9.17, 15) is 23.6 Å². The van der Waals surface area contributed by atoms with E-state index in [0.29, 0.717) is 23.5 Å². The number of nitrogens with one attached hydrogen (secondary N) is 1. The molecule has 0 saturated carbocycles. The minimum Gasteiger partial charge on any atom is -0.508 e. The van der Waals surface area contributed by atoms with Crippen LogP contribution in [0.25, 0.3) is 0 Å². The number of hydrogen-bond donors (Lipinski definition) is 2. The van der Waals surface area contributed by atoms with Crippen molar-refractivity contribution in [2.75, 3.05) is 18.4 Å². The Morgan fingerprint density at radius 2 is 1.87 bits per heavy atom. The molecule has 162 valence electrons. The van der Waals surface area contributed by atoms with Crippen LogP contribution >= 0.6 is 0 Å². The first kappa shape index (κ1) is 20.0. The Bertz CT molecular complexity index is 1190. The normalized spacial score (nSPS) is 25.1. The Hall–Kier alpha value is -2.91. The highest BCUT2D eigenvalue weighted by Gasteiger charge is 2.40. The summed E-state index contributed by atoms with van der Waals surface area (Å²) in [6.45, 7) is 1.11. The van der Waals surface area contributed by atoms with E-state index < -0.39 is 14.9 Å². The van der Waals surface area contributed by atoms with Crippen LogP contribution < -0.4 is 5.32 Å². The van der Waals surface area contributed by atoms with E-state index in [0.717, 1.165) is 30.5 Å². The number of nitro groups is 1. The first-order chi connectivity index (χ1) is 14.9. The number of non-ortho nitro benzene ring substituents is 1. The molecule has 0 spiro atoms. The molecule has 3 aliphatic rings. The van der Waals surface area contributed by atoms with Crippen LogP contribution in [-0.2, 0) is 10.0 Å². The van der Waals surface area contributed by atoms with Gasteiger partial charge in [0, 0.05) is 42.4 Å². The molecule has 2 heterocycles. The molecule has 1 saturated heterocycles. The van der Waals surface area contributed by atoms with Gasteiger partial charge in [-0.2, -0.15) is 4.31 Å². The SMILES string of the molecule is O=[N+]([O-])c1ccc(O)c(C2Nc3ccc(S(=O)(=O)N4CCCC4)cc3C3C=CCC32)c1. The second kappa shape index (κ2) is 7.35. The molecular weight excluding hydrogens is 418 g/mol. The zero-order valence-corrected chi connectivity index (χ0v) is 17.6. The minimum atomic E-state index is -3.52. The number of benzene rings is 2. The molecule has 1 fully saturated rings. The van der Waals surface area contributed by atoms with Crippen molar-refractivity contribution >= 4 is 21.4 Å². The van der Waals surface area contributed by atoms with Gasteiger partial charge in [0.1, 0.15) is 5.75 Å². The lowest BCUT2D eigenvalue weighted by Gasteiger charge is -2.38. The zero-order valence-electron chi connectivity index (χ0n) is 16.8. The largest absolute Gasteiger partial charge is 0.508 e. The average Bonchev–Trinajstić information content (AvgIpc) is 3.45. The summed E-state index contributed by atoms with van der Waals surface area (Å²) in [5.41, 5.74) is 2.09. The third kappa shape index (κ3) is 3.28.